The highest BCUT2D eigenvalue weighted by molar-refractivity contribution is 5.82. The number of furan rings is 1. The van der Waals surface area contributed by atoms with Gasteiger partial charge in [0.1, 0.15) is 5.76 Å². The molecule has 0 bridgehead atoms. The van der Waals surface area contributed by atoms with Crippen LogP contribution in [0.5, 0.6) is 0 Å². The Morgan fingerprint density at radius 2 is 2.11 bits per heavy atom. The molecule has 2 N–H and O–H groups in total. The highest BCUT2D eigenvalue weighted by Gasteiger charge is 2.01. The zero-order valence-corrected chi connectivity index (χ0v) is 10.1. The van der Waals surface area contributed by atoms with Crippen molar-refractivity contribution in [2.24, 2.45) is 0 Å². The van der Waals surface area contributed by atoms with Gasteiger partial charge in [-0.3, -0.25) is 0 Å². The van der Waals surface area contributed by atoms with E-state index in [1.54, 1.807) is 6.26 Å². The van der Waals surface area contributed by atoms with Crippen LogP contribution in [0, 0.1) is 0 Å². The van der Waals surface area contributed by atoms with E-state index >= 15 is 0 Å². The minimum atomic E-state index is 0.874. The lowest BCUT2D eigenvalue weighted by atomic mass is 10.1. The number of para-hydroxylation sites is 1. The molecule has 3 heteroatoms. The summed E-state index contributed by atoms with van der Waals surface area (Å²) >= 11 is 0. The van der Waals surface area contributed by atoms with Crippen molar-refractivity contribution in [3.05, 3.63) is 60.2 Å². The van der Waals surface area contributed by atoms with Crippen LogP contribution in [0.2, 0.25) is 0 Å². The first-order chi connectivity index (χ1) is 8.93. The minimum Gasteiger partial charge on any atom is -0.469 e. The summed E-state index contributed by atoms with van der Waals surface area (Å²) in [4.78, 5) is 3.28. The van der Waals surface area contributed by atoms with Crippen LogP contribution >= 0.6 is 0 Å². The van der Waals surface area contributed by atoms with Gasteiger partial charge in [0.2, 0.25) is 0 Å². The molecule has 0 aliphatic carbocycles. The molecule has 0 saturated heterocycles. The third-order valence-electron chi connectivity index (χ3n) is 3.12. The zero-order valence-electron chi connectivity index (χ0n) is 10.1. The number of hydrogen-bond donors (Lipinski definition) is 2. The van der Waals surface area contributed by atoms with E-state index in [0.717, 1.165) is 25.3 Å². The maximum absolute atomic E-state index is 5.30. The monoisotopic (exact) mass is 240 g/mol. The quantitative estimate of drug-likeness (QED) is 0.673. The number of rotatable bonds is 5. The summed E-state index contributed by atoms with van der Waals surface area (Å²) in [6, 6.07) is 12.4. The van der Waals surface area contributed by atoms with Gasteiger partial charge in [-0.05, 0) is 29.1 Å². The highest BCUT2D eigenvalue weighted by atomic mass is 16.3. The van der Waals surface area contributed by atoms with Crippen LogP contribution in [0.1, 0.15) is 11.3 Å². The predicted octanol–water partition coefficient (Wildman–Crippen LogP) is 3.09. The molecule has 0 atom stereocenters. The lowest BCUT2D eigenvalue weighted by molar-refractivity contribution is 0.499. The van der Waals surface area contributed by atoms with E-state index in [-0.39, 0.29) is 0 Å². The van der Waals surface area contributed by atoms with Crippen molar-refractivity contribution in [2.75, 3.05) is 6.54 Å². The molecule has 0 radical (unpaired) electrons. The molecule has 0 fully saturated rings. The summed E-state index contributed by atoms with van der Waals surface area (Å²) in [6.07, 6.45) is 4.62. The maximum atomic E-state index is 5.30. The summed E-state index contributed by atoms with van der Waals surface area (Å²) in [5.41, 5.74) is 2.53. The number of aromatic amines is 1. The molecule has 0 aliphatic rings. The van der Waals surface area contributed by atoms with Crippen LogP contribution < -0.4 is 5.32 Å². The van der Waals surface area contributed by atoms with E-state index in [1.807, 2.05) is 18.3 Å². The van der Waals surface area contributed by atoms with Crippen molar-refractivity contribution >= 4 is 10.9 Å². The Hall–Kier alpha value is -2.00. The normalized spacial score (nSPS) is 11.1. The SMILES string of the molecule is c1coc(CCNCc2cccc3cc[nH]c23)c1. The third-order valence-corrected chi connectivity index (χ3v) is 3.12. The van der Waals surface area contributed by atoms with Gasteiger partial charge in [-0.15, -0.1) is 0 Å². The molecule has 2 aromatic heterocycles. The Balaban J connectivity index is 1.58. The summed E-state index contributed by atoms with van der Waals surface area (Å²) in [7, 11) is 0. The Kier molecular flexibility index (Phi) is 3.15. The number of nitrogens with one attached hydrogen (secondary N) is 2. The molecule has 3 nitrogen and oxygen atoms in total. The van der Waals surface area contributed by atoms with Gasteiger partial charge in [0.05, 0.1) is 6.26 Å². The van der Waals surface area contributed by atoms with Gasteiger partial charge in [0.15, 0.2) is 0 Å². The van der Waals surface area contributed by atoms with Crippen molar-refractivity contribution in [3.63, 3.8) is 0 Å². The van der Waals surface area contributed by atoms with E-state index in [2.05, 4.69) is 34.6 Å². The van der Waals surface area contributed by atoms with E-state index in [1.165, 1.54) is 16.5 Å². The van der Waals surface area contributed by atoms with Crippen molar-refractivity contribution in [1.82, 2.24) is 10.3 Å². The van der Waals surface area contributed by atoms with E-state index in [0.29, 0.717) is 0 Å². The lowest BCUT2D eigenvalue weighted by Gasteiger charge is -2.05. The summed E-state index contributed by atoms with van der Waals surface area (Å²) in [5, 5.41) is 4.71. The Morgan fingerprint density at radius 3 is 3.00 bits per heavy atom. The van der Waals surface area contributed by atoms with E-state index < -0.39 is 0 Å². The van der Waals surface area contributed by atoms with Gasteiger partial charge in [-0.1, -0.05) is 18.2 Å². The van der Waals surface area contributed by atoms with Crippen LogP contribution in [0.3, 0.4) is 0 Å². The fourth-order valence-electron chi connectivity index (χ4n) is 2.19. The van der Waals surface area contributed by atoms with Gasteiger partial charge >= 0.3 is 0 Å². The first-order valence-electron chi connectivity index (χ1n) is 6.21. The van der Waals surface area contributed by atoms with Gasteiger partial charge in [0, 0.05) is 31.2 Å². The number of aromatic nitrogens is 1. The fraction of sp³-hybridized carbons (Fsp3) is 0.200. The third kappa shape index (κ3) is 2.31. The van der Waals surface area contributed by atoms with Crippen molar-refractivity contribution < 1.29 is 4.42 Å². The van der Waals surface area contributed by atoms with Crippen LogP contribution in [-0.4, -0.2) is 11.5 Å². The van der Waals surface area contributed by atoms with Crippen molar-refractivity contribution in [1.29, 1.82) is 0 Å². The second-order valence-corrected chi connectivity index (χ2v) is 4.37. The number of benzene rings is 1. The van der Waals surface area contributed by atoms with Crippen molar-refractivity contribution in [2.45, 2.75) is 13.0 Å². The zero-order chi connectivity index (χ0) is 12.2. The largest absolute Gasteiger partial charge is 0.469 e. The molecular formula is C15H16N2O. The molecule has 2 heterocycles. The highest BCUT2D eigenvalue weighted by Crippen LogP contribution is 2.16. The van der Waals surface area contributed by atoms with Gasteiger partial charge in [0.25, 0.3) is 0 Å². The smallest absolute Gasteiger partial charge is 0.105 e. The average Bonchev–Trinajstić information content (AvgIpc) is 3.05. The molecule has 1 aromatic carbocycles. The summed E-state index contributed by atoms with van der Waals surface area (Å²) < 4.78 is 5.30. The summed E-state index contributed by atoms with van der Waals surface area (Å²) in [6.45, 7) is 1.79. The Bertz CT molecular complexity index is 610. The average molecular weight is 240 g/mol. The molecule has 92 valence electrons. The van der Waals surface area contributed by atoms with Crippen LogP contribution in [0.15, 0.2) is 53.3 Å². The maximum Gasteiger partial charge on any atom is 0.105 e. The van der Waals surface area contributed by atoms with Crippen LogP contribution in [0.25, 0.3) is 10.9 Å². The molecule has 0 unspecified atom stereocenters. The first kappa shape index (κ1) is 11.1. The standard InChI is InChI=1S/C15H16N2O/c1-3-12-6-9-17-15(12)13(4-1)11-16-8-7-14-5-2-10-18-14/h1-6,9-10,16-17H,7-8,11H2. The van der Waals surface area contributed by atoms with Gasteiger partial charge in [-0.2, -0.15) is 0 Å². The first-order valence-corrected chi connectivity index (χ1v) is 6.21. The Labute approximate surface area is 106 Å². The van der Waals surface area contributed by atoms with Crippen molar-refractivity contribution in [3.8, 4) is 0 Å². The topological polar surface area (TPSA) is 41.0 Å². The molecule has 3 aromatic rings. The molecule has 3 rings (SSSR count). The molecule has 0 saturated carbocycles. The molecule has 0 amide bonds. The number of H-pyrrole nitrogens is 1. The van der Waals surface area contributed by atoms with Gasteiger partial charge in [-0.25, -0.2) is 0 Å². The number of fused-ring (bicyclic) bond motifs is 1. The van der Waals surface area contributed by atoms with Crippen LogP contribution in [-0.2, 0) is 13.0 Å². The lowest BCUT2D eigenvalue weighted by Crippen LogP contribution is -2.16. The second-order valence-electron chi connectivity index (χ2n) is 4.37. The Morgan fingerprint density at radius 1 is 1.11 bits per heavy atom. The predicted molar refractivity (Wildman–Crippen MR) is 72.4 cm³/mol. The fourth-order valence-corrected chi connectivity index (χ4v) is 2.19. The second kappa shape index (κ2) is 5.10. The molecule has 0 spiro atoms. The number of hydrogen-bond acceptors (Lipinski definition) is 2. The molecule has 0 aliphatic heterocycles. The molecular weight excluding hydrogens is 224 g/mol. The summed E-state index contributed by atoms with van der Waals surface area (Å²) in [5.74, 6) is 1.03. The van der Waals surface area contributed by atoms with E-state index in [9.17, 15) is 0 Å². The minimum absolute atomic E-state index is 0.874. The van der Waals surface area contributed by atoms with Gasteiger partial charge < -0.3 is 14.7 Å². The molecule has 18 heavy (non-hydrogen) atoms. The van der Waals surface area contributed by atoms with E-state index in [4.69, 9.17) is 4.42 Å². The van der Waals surface area contributed by atoms with Crippen LogP contribution in [0.4, 0.5) is 0 Å².